The van der Waals surface area contributed by atoms with Gasteiger partial charge in [-0.2, -0.15) is 0 Å². The molecule has 0 aromatic rings. The summed E-state index contributed by atoms with van der Waals surface area (Å²) in [7, 11) is -4.24. The van der Waals surface area contributed by atoms with Gasteiger partial charge in [0.2, 0.25) is 0 Å². The Morgan fingerprint density at radius 1 is 0.897 bits per heavy atom. The van der Waals surface area contributed by atoms with Gasteiger partial charge in [-0.1, -0.05) is 55.4 Å². The standard InChI is InChI=1S/C21H45NO5Si2/c1-16(2)15-25-19(24)22-17(13-14-26-28(9,10)20(3,4)5)18(23)27-29(11,12)21(6,7)8/h16-17H,13-15H2,1-12H3,(H,22,24). The van der Waals surface area contributed by atoms with Gasteiger partial charge in [0.15, 0.2) is 8.32 Å². The number of hydrogen-bond donors (Lipinski definition) is 1. The fourth-order valence-corrected chi connectivity index (χ4v) is 3.81. The van der Waals surface area contributed by atoms with Gasteiger partial charge in [-0.25, -0.2) is 4.79 Å². The van der Waals surface area contributed by atoms with Crippen LogP contribution in [0.4, 0.5) is 4.79 Å². The summed E-state index contributed by atoms with van der Waals surface area (Å²) in [4.78, 5) is 25.1. The molecule has 1 atom stereocenters. The molecule has 0 aliphatic rings. The molecule has 8 heteroatoms. The summed E-state index contributed by atoms with van der Waals surface area (Å²) in [6.45, 7) is 25.7. The number of ether oxygens (including phenoxy) is 1. The Morgan fingerprint density at radius 2 is 1.38 bits per heavy atom. The van der Waals surface area contributed by atoms with E-state index < -0.39 is 34.7 Å². The van der Waals surface area contributed by atoms with Crippen LogP contribution in [0.2, 0.25) is 36.3 Å². The van der Waals surface area contributed by atoms with E-state index in [-0.39, 0.29) is 16.0 Å². The zero-order valence-electron chi connectivity index (χ0n) is 20.8. The highest BCUT2D eigenvalue weighted by atomic mass is 28.4. The largest absolute Gasteiger partial charge is 0.518 e. The maximum absolute atomic E-state index is 12.9. The van der Waals surface area contributed by atoms with Gasteiger partial charge in [-0.05, 0) is 42.2 Å². The van der Waals surface area contributed by atoms with Gasteiger partial charge in [0.05, 0.1) is 6.61 Å². The van der Waals surface area contributed by atoms with Crippen molar-refractivity contribution < 1.29 is 23.2 Å². The van der Waals surface area contributed by atoms with E-state index in [0.717, 1.165) is 0 Å². The van der Waals surface area contributed by atoms with E-state index in [9.17, 15) is 9.59 Å². The van der Waals surface area contributed by atoms with Gasteiger partial charge >= 0.3 is 12.1 Å². The molecule has 29 heavy (non-hydrogen) atoms. The second kappa shape index (κ2) is 10.4. The van der Waals surface area contributed by atoms with Gasteiger partial charge in [0.25, 0.3) is 8.32 Å². The Morgan fingerprint density at radius 3 is 1.79 bits per heavy atom. The number of amides is 1. The van der Waals surface area contributed by atoms with E-state index in [4.69, 9.17) is 13.6 Å². The third-order valence-corrected chi connectivity index (χ3v) is 14.8. The van der Waals surface area contributed by atoms with Gasteiger partial charge in [0.1, 0.15) is 6.04 Å². The van der Waals surface area contributed by atoms with Crippen LogP contribution in [0.25, 0.3) is 0 Å². The van der Waals surface area contributed by atoms with E-state index >= 15 is 0 Å². The number of alkyl carbamates (subject to hydrolysis) is 1. The van der Waals surface area contributed by atoms with Crippen LogP contribution in [0.15, 0.2) is 0 Å². The van der Waals surface area contributed by atoms with Crippen LogP contribution in [-0.4, -0.2) is 48.0 Å². The molecule has 0 heterocycles. The van der Waals surface area contributed by atoms with Gasteiger partial charge in [-0.3, -0.25) is 4.79 Å². The third kappa shape index (κ3) is 9.66. The van der Waals surface area contributed by atoms with E-state index in [2.05, 4.69) is 60.0 Å². The van der Waals surface area contributed by atoms with E-state index in [1.807, 2.05) is 26.9 Å². The second-order valence-corrected chi connectivity index (χ2v) is 20.8. The molecule has 0 aliphatic carbocycles. The summed E-state index contributed by atoms with van der Waals surface area (Å²) >= 11 is 0. The SMILES string of the molecule is CC(C)COC(=O)NC(CCO[Si](C)(C)C(C)(C)C)C(=O)O[Si](C)(C)C(C)(C)C. The van der Waals surface area contributed by atoms with Crippen molar-refractivity contribution in [3.63, 3.8) is 0 Å². The number of nitrogens with one attached hydrogen (secondary N) is 1. The first kappa shape index (κ1) is 28.1. The molecule has 1 amide bonds. The number of carbonyl (C=O) groups is 2. The molecule has 0 rings (SSSR count). The lowest BCUT2D eigenvalue weighted by Gasteiger charge is -2.37. The van der Waals surface area contributed by atoms with Crippen molar-refractivity contribution in [3.8, 4) is 0 Å². The summed E-state index contributed by atoms with van der Waals surface area (Å²) in [5.41, 5.74) is 0. The smallest absolute Gasteiger partial charge is 0.407 e. The Bertz CT molecular complexity index is 548. The Balaban J connectivity index is 5.20. The van der Waals surface area contributed by atoms with E-state index in [1.165, 1.54) is 0 Å². The third-order valence-electron chi connectivity index (χ3n) is 5.96. The van der Waals surface area contributed by atoms with Crippen LogP contribution >= 0.6 is 0 Å². The highest BCUT2D eigenvalue weighted by Crippen LogP contribution is 2.38. The molecule has 1 N–H and O–H groups in total. The predicted octanol–water partition coefficient (Wildman–Crippen LogP) is 5.70. The lowest BCUT2D eigenvalue weighted by Crippen LogP contribution is -2.50. The number of hydrogen-bond acceptors (Lipinski definition) is 5. The summed E-state index contributed by atoms with van der Waals surface area (Å²) in [6.07, 6.45) is -0.236. The fourth-order valence-electron chi connectivity index (χ4n) is 1.80. The van der Waals surface area contributed by atoms with Crippen LogP contribution < -0.4 is 5.32 Å². The topological polar surface area (TPSA) is 73.9 Å². The Hall–Kier alpha value is -0.866. The van der Waals surface area contributed by atoms with Crippen LogP contribution in [-0.2, 0) is 18.4 Å². The average molecular weight is 448 g/mol. The van der Waals surface area contributed by atoms with Gasteiger partial charge in [0, 0.05) is 13.0 Å². The minimum Gasteiger partial charge on any atom is -0.518 e. The molecular weight excluding hydrogens is 402 g/mol. The fraction of sp³-hybridized carbons (Fsp3) is 0.905. The van der Waals surface area contributed by atoms with Gasteiger partial charge in [-0.15, -0.1) is 0 Å². The molecule has 0 radical (unpaired) electrons. The first-order valence-corrected chi connectivity index (χ1v) is 16.4. The predicted molar refractivity (Wildman–Crippen MR) is 124 cm³/mol. The van der Waals surface area contributed by atoms with E-state index in [0.29, 0.717) is 19.6 Å². The zero-order valence-corrected chi connectivity index (χ0v) is 22.8. The molecule has 0 aromatic heterocycles. The second-order valence-electron chi connectivity index (χ2n) is 11.3. The summed E-state index contributed by atoms with van der Waals surface area (Å²) in [6, 6.07) is -0.784. The minimum absolute atomic E-state index is 0.0772. The molecule has 0 fully saturated rings. The van der Waals surface area contributed by atoms with Crippen molar-refractivity contribution in [2.24, 2.45) is 5.92 Å². The highest BCUT2D eigenvalue weighted by molar-refractivity contribution is 6.75. The lowest BCUT2D eigenvalue weighted by atomic mass is 10.2. The minimum atomic E-state index is -2.30. The molecule has 1 unspecified atom stereocenters. The molecule has 172 valence electrons. The summed E-state index contributed by atoms with van der Waals surface area (Å²) in [5, 5.41) is 2.66. The van der Waals surface area contributed by atoms with Crippen molar-refractivity contribution in [1.82, 2.24) is 5.32 Å². The first-order chi connectivity index (χ1) is 12.8. The van der Waals surface area contributed by atoms with Crippen LogP contribution in [0.1, 0.15) is 61.8 Å². The van der Waals surface area contributed by atoms with Crippen LogP contribution in [0, 0.1) is 5.92 Å². The lowest BCUT2D eigenvalue weighted by molar-refractivity contribution is -0.138. The monoisotopic (exact) mass is 447 g/mol. The van der Waals surface area contributed by atoms with Crippen molar-refractivity contribution >= 4 is 28.7 Å². The van der Waals surface area contributed by atoms with Gasteiger partial charge < -0.3 is 18.9 Å². The van der Waals surface area contributed by atoms with Crippen LogP contribution in [0.5, 0.6) is 0 Å². The first-order valence-electron chi connectivity index (χ1n) is 10.6. The van der Waals surface area contributed by atoms with Crippen molar-refractivity contribution in [3.05, 3.63) is 0 Å². The maximum Gasteiger partial charge on any atom is 0.407 e. The summed E-state index contributed by atoms with van der Waals surface area (Å²) in [5.74, 6) is -0.183. The molecule has 0 aromatic carbocycles. The zero-order chi connectivity index (χ0) is 23.3. The average Bonchev–Trinajstić information content (AvgIpc) is 2.49. The molecule has 0 aliphatic heterocycles. The Kier molecular flexibility index (Phi) is 10.1. The number of carbonyl (C=O) groups excluding carboxylic acids is 2. The molecular formula is C21H45NO5Si2. The molecule has 0 spiro atoms. The van der Waals surface area contributed by atoms with Crippen molar-refractivity contribution in [2.75, 3.05) is 13.2 Å². The number of rotatable bonds is 9. The highest BCUT2D eigenvalue weighted by Gasteiger charge is 2.42. The molecule has 0 saturated heterocycles. The van der Waals surface area contributed by atoms with Crippen molar-refractivity contribution in [1.29, 1.82) is 0 Å². The Labute approximate surface area is 180 Å². The normalized spacial score (nSPS) is 14.5. The maximum atomic E-state index is 12.9. The molecule has 0 saturated carbocycles. The molecule has 6 nitrogen and oxygen atoms in total. The van der Waals surface area contributed by atoms with Crippen molar-refractivity contribution in [2.45, 2.75) is 104 Å². The van der Waals surface area contributed by atoms with E-state index in [1.54, 1.807) is 0 Å². The quantitative estimate of drug-likeness (QED) is 0.459. The summed E-state index contributed by atoms with van der Waals surface area (Å²) < 4.78 is 17.3. The molecule has 0 bridgehead atoms. The van der Waals surface area contributed by atoms with Crippen LogP contribution in [0.3, 0.4) is 0 Å².